The molecule has 1 aromatic rings. The largest absolute Gasteiger partial charge is 0.379 e. The van der Waals surface area contributed by atoms with Gasteiger partial charge >= 0.3 is 0 Å². The van der Waals surface area contributed by atoms with Crippen LogP contribution < -0.4 is 11.1 Å². The van der Waals surface area contributed by atoms with Crippen molar-refractivity contribution in [2.45, 2.75) is 77.4 Å². The number of nitrogens with two attached hydrogens (primary N) is 1. The maximum atomic E-state index is 11.8. The van der Waals surface area contributed by atoms with Crippen molar-refractivity contribution in [3.8, 4) is 0 Å². The second-order valence-electron chi connectivity index (χ2n) is 7.70. The Kier molecular flexibility index (Phi) is 6.46. The van der Waals surface area contributed by atoms with Crippen LogP contribution in [0.4, 0.5) is 5.95 Å². The first-order chi connectivity index (χ1) is 12.6. The number of nitrogens with zero attached hydrogens (tertiary/aromatic N) is 2. The molecule has 2 fully saturated rings. The zero-order chi connectivity index (χ0) is 18.5. The molecule has 1 aromatic heterocycles. The van der Waals surface area contributed by atoms with Crippen LogP contribution in [0.2, 0.25) is 0 Å². The Morgan fingerprint density at radius 1 is 1.27 bits per heavy atom. The van der Waals surface area contributed by atoms with E-state index in [4.69, 9.17) is 10.5 Å². The molecule has 0 unspecified atom stereocenters. The number of hydrogen-bond donors (Lipinski definition) is 2. The summed E-state index contributed by atoms with van der Waals surface area (Å²) >= 11 is 0. The summed E-state index contributed by atoms with van der Waals surface area (Å²) in [4.78, 5) is 20.8. The minimum absolute atomic E-state index is 0.365. The third-order valence-corrected chi connectivity index (χ3v) is 5.81. The van der Waals surface area contributed by atoms with E-state index in [1.165, 1.54) is 12.8 Å². The van der Waals surface area contributed by atoms with Crippen molar-refractivity contribution < 1.29 is 9.53 Å². The molecule has 26 heavy (non-hydrogen) atoms. The Morgan fingerprint density at radius 3 is 2.58 bits per heavy atom. The summed E-state index contributed by atoms with van der Waals surface area (Å²) in [5, 5.41) is 3.46. The third-order valence-electron chi connectivity index (χ3n) is 5.81. The zero-order valence-electron chi connectivity index (χ0n) is 16.0. The lowest BCUT2D eigenvalue weighted by atomic mass is 9.92. The van der Waals surface area contributed by atoms with Gasteiger partial charge in [-0.3, -0.25) is 4.79 Å². The second-order valence-corrected chi connectivity index (χ2v) is 7.70. The van der Waals surface area contributed by atoms with E-state index in [9.17, 15) is 4.79 Å². The molecule has 0 aromatic carbocycles. The van der Waals surface area contributed by atoms with Crippen LogP contribution >= 0.6 is 0 Å². The Hall–Kier alpha value is -1.69. The summed E-state index contributed by atoms with van der Waals surface area (Å²) in [5.41, 5.74) is 6.82. The van der Waals surface area contributed by atoms with Gasteiger partial charge in [0.1, 0.15) is 0 Å². The molecule has 2 aliphatic carbocycles. The molecule has 144 valence electrons. The Labute approximate surface area is 156 Å². The van der Waals surface area contributed by atoms with E-state index in [2.05, 4.69) is 22.2 Å². The van der Waals surface area contributed by atoms with Crippen LogP contribution in [0, 0.1) is 11.8 Å². The van der Waals surface area contributed by atoms with E-state index in [-0.39, 0.29) is 0 Å². The van der Waals surface area contributed by atoms with Gasteiger partial charge in [0.15, 0.2) is 0 Å². The minimum atomic E-state index is -0.436. The topological polar surface area (TPSA) is 90.1 Å². The predicted molar refractivity (Wildman–Crippen MR) is 102 cm³/mol. The zero-order valence-corrected chi connectivity index (χ0v) is 16.0. The van der Waals surface area contributed by atoms with Crippen molar-refractivity contribution in [1.82, 2.24) is 9.97 Å². The van der Waals surface area contributed by atoms with Crippen molar-refractivity contribution in [2.75, 3.05) is 11.9 Å². The number of rotatable bonds is 9. The number of primary amides is 1. The van der Waals surface area contributed by atoms with Gasteiger partial charge in [-0.25, -0.2) is 9.97 Å². The predicted octanol–water partition coefficient (Wildman–Crippen LogP) is 3.31. The molecule has 1 amide bonds. The first kappa shape index (κ1) is 19.1. The van der Waals surface area contributed by atoms with Gasteiger partial charge in [0.25, 0.3) is 5.91 Å². The van der Waals surface area contributed by atoms with Gasteiger partial charge in [0.05, 0.1) is 17.4 Å². The lowest BCUT2D eigenvalue weighted by Gasteiger charge is -2.29. The molecule has 6 heteroatoms. The number of aromatic nitrogens is 2. The molecule has 3 N–H and O–H groups in total. The van der Waals surface area contributed by atoms with E-state index < -0.39 is 5.91 Å². The molecule has 2 aliphatic rings. The summed E-state index contributed by atoms with van der Waals surface area (Å²) in [6.07, 6.45) is 10.7. The summed E-state index contributed by atoms with van der Waals surface area (Å²) in [7, 11) is 0. The maximum Gasteiger partial charge on any atom is 0.252 e. The molecule has 0 spiro atoms. The standard InChI is InChI=1S/C20H32N4O2/c1-3-13(14-5-6-14)11-18-17(19(21)25)12-22-20(24-18)23-15-7-9-16(10-8-15)26-4-2/h12-16H,3-11H2,1-2H3,(H2,21,25)(H,22,23,24)/t13-,15?,16?/m0/s1. The van der Waals surface area contributed by atoms with Crippen LogP contribution in [0.15, 0.2) is 6.20 Å². The summed E-state index contributed by atoms with van der Waals surface area (Å²) in [6.45, 7) is 5.04. The Bertz CT molecular complexity index is 610. The Morgan fingerprint density at radius 2 is 2.00 bits per heavy atom. The van der Waals surface area contributed by atoms with Crippen LogP contribution in [-0.2, 0) is 11.2 Å². The van der Waals surface area contributed by atoms with Gasteiger partial charge in [-0.15, -0.1) is 0 Å². The molecular weight excluding hydrogens is 328 g/mol. The van der Waals surface area contributed by atoms with Gasteiger partial charge in [0, 0.05) is 18.8 Å². The van der Waals surface area contributed by atoms with E-state index in [1.54, 1.807) is 6.20 Å². The molecular formula is C20H32N4O2. The normalized spacial score (nSPS) is 24.2. The molecule has 3 rings (SSSR count). The fraction of sp³-hybridized carbons (Fsp3) is 0.750. The lowest BCUT2D eigenvalue weighted by molar-refractivity contribution is 0.0346. The molecule has 0 saturated heterocycles. The van der Waals surface area contributed by atoms with Gasteiger partial charge in [-0.2, -0.15) is 0 Å². The quantitative estimate of drug-likeness (QED) is 0.705. The SMILES string of the molecule is CCOC1CCC(Nc2ncc(C(N)=O)c(C[C@H](CC)C3CC3)n2)CC1. The summed E-state index contributed by atoms with van der Waals surface area (Å²) in [6, 6.07) is 0.365. The molecule has 1 heterocycles. The second kappa shape index (κ2) is 8.80. The highest BCUT2D eigenvalue weighted by Crippen LogP contribution is 2.40. The van der Waals surface area contributed by atoms with Gasteiger partial charge in [-0.1, -0.05) is 13.3 Å². The fourth-order valence-corrected chi connectivity index (χ4v) is 4.10. The number of anilines is 1. The molecule has 0 bridgehead atoms. The number of carbonyl (C=O) groups excluding carboxylic acids is 1. The van der Waals surface area contributed by atoms with Crippen molar-refractivity contribution >= 4 is 11.9 Å². The molecule has 0 radical (unpaired) electrons. The van der Waals surface area contributed by atoms with E-state index in [1.807, 2.05) is 6.92 Å². The highest BCUT2D eigenvalue weighted by molar-refractivity contribution is 5.93. The summed E-state index contributed by atoms with van der Waals surface area (Å²) in [5.74, 6) is 1.54. The van der Waals surface area contributed by atoms with Gasteiger partial charge in [0.2, 0.25) is 5.95 Å². The van der Waals surface area contributed by atoms with E-state index in [0.717, 1.165) is 56.7 Å². The Balaban J connectivity index is 1.66. The number of hydrogen-bond acceptors (Lipinski definition) is 5. The first-order valence-corrected chi connectivity index (χ1v) is 10.1. The average molecular weight is 361 g/mol. The first-order valence-electron chi connectivity index (χ1n) is 10.1. The minimum Gasteiger partial charge on any atom is -0.379 e. The third kappa shape index (κ3) is 4.93. The summed E-state index contributed by atoms with van der Waals surface area (Å²) < 4.78 is 5.72. The number of amides is 1. The van der Waals surface area contributed by atoms with Crippen molar-refractivity contribution in [2.24, 2.45) is 17.6 Å². The van der Waals surface area contributed by atoms with Crippen molar-refractivity contribution in [3.63, 3.8) is 0 Å². The number of ether oxygens (including phenoxy) is 1. The fourth-order valence-electron chi connectivity index (χ4n) is 4.10. The van der Waals surface area contributed by atoms with Crippen LogP contribution in [0.3, 0.4) is 0 Å². The highest BCUT2D eigenvalue weighted by Gasteiger charge is 2.31. The number of carbonyl (C=O) groups is 1. The lowest BCUT2D eigenvalue weighted by Crippen LogP contribution is -2.30. The van der Waals surface area contributed by atoms with Gasteiger partial charge in [-0.05, 0) is 63.7 Å². The van der Waals surface area contributed by atoms with Crippen LogP contribution in [-0.4, -0.2) is 34.6 Å². The molecule has 1 atom stereocenters. The van der Waals surface area contributed by atoms with E-state index >= 15 is 0 Å². The molecule has 6 nitrogen and oxygen atoms in total. The van der Waals surface area contributed by atoms with Crippen molar-refractivity contribution in [1.29, 1.82) is 0 Å². The number of nitrogens with one attached hydrogen (secondary N) is 1. The van der Waals surface area contributed by atoms with Gasteiger partial charge < -0.3 is 15.8 Å². The smallest absolute Gasteiger partial charge is 0.252 e. The van der Waals surface area contributed by atoms with Crippen LogP contribution in [0.1, 0.15) is 74.8 Å². The average Bonchev–Trinajstić information content (AvgIpc) is 3.46. The van der Waals surface area contributed by atoms with E-state index in [0.29, 0.717) is 29.6 Å². The molecule has 0 aliphatic heterocycles. The van der Waals surface area contributed by atoms with Crippen LogP contribution in [0.5, 0.6) is 0 Å². The molecule has 2 saturated carbocycles. The van der Waals surface area contributed by atoms with Crippen LogP contribution in [0.25, 0.3) is 0 Å². The van der Waals surface area contributed by atoms with Crippen molar-refractivity contribution in [3.05, 3.63) is 17.5 Å². The monoisotopic (exact) mass is 360 g/mol. The highest BCUT2D eigenvalue weighted by atomic mass is 16.5. The maximum absolute atomic E-state index is 11.8.